The van der Waals surface area contributed by atoms with E-state index in [4.69, 9.17) is 9.47 Å². The SMILES string of the molecule is CCCCCN(C)CC(NC)c1ccc(OC)c(OC)c1. The van der Waals surface area contributed by atoms with E-state index in [1.807, 2.05) is 13.1 Å². The number of nitrogens with one attached hydrogen (secondary N) is 1. The molecule has 0 aliphatic rings. The van der Waals surface area contributed by atoms with Crippen LogP contribution in [0.3, 0.4) is 0 Å². The second kappa shape index (κ2) is 9.64. The van der Waals surface area contributed by atoms with E-state index in [1.165, 1.54) is 24.8 Å². The Balaban J connectivity index is 2.71. The van der Waals surface area contributed by atoms with E-state index < -0.39 is 0 Å². The zero-order valence-electron chi connectivity index (χ0n) is 14.1. The highest BCUT2D eigenvalue weighted by atomic mass is 16.5. The Kier molecular flexibility index (Phi) is 8.16. The number of methoxy groups -OCH3 is 2. The van der Waals surface area contributed by atoms with Gasteiger partial charge >= 0.3 is 0 Å². The molecule has 4 heteroatoms. The van der Waals surface area contributed by atoms with E-state index in [0.29, 0.717) is 0 Å². The maximum atomic E-state index is 5.39. The topological polar surface area (TPSA) is 33.7 Å². The molecule has 0 amide bonds. The van der Waals surface area contributed by atoms with Gasteiger partial charge in [0.15, 0.2) is 11.5 Å². The first-order valence-electron chi connectivity index (χ1n) is 7.74. The highest BCUT2D eigenvalue weighted by Gasteiger charge is 2.14. The third kappa shape index (κ3) is 5.56. The van der Waals surface area contributed by atoms with Gasteiger partial charge in [0, 0.05) is 12.6 Å². The molecule has 0 aromatic heterocycles. The van der Waals surface area contributed by atoms with E-state index in [-0.39, 0.29) is 6.04 Å². The van der Waals surface area contributed by atoms with Crippen LogP contribution in [0.5, 0.6) is 11.5 Å². The average molecular weight is 294 g/mol. The van der Waals surface area contributed by atoms with E-state index in [2.05, 4.69) is 36.3 Å². The van der Waals surface area contributed by atoms with Crippen molar-refractivity contribution in [2.24, 2.45) is 0 Å². The standard InChI is InChI=1S/C17H30N2O2/c1-6-7-8-11-19(3)13-15(18-2)14-9-10-16(20-4)17(12-14)21-5/h9-10,12,15,18H,6-8,11,13H2,1-5H3. The Morgan fingerprint density at radius 1 is 1.14 bits per heavy atom. The van der Waals surface area contributed by atoms with Gasteiger partial charge in [-0.1, -0.05) is 25.8 Å². The lowest BCUT2D eigenvalue weighted by atomic mass is 10.1. The Morgan fingerprint density at radius 2 is 1.86 bits per heavy atom. The van der Waals surface area contributed by atoms with Gasteiger partial charge in [-0.05, 0) is 44.8 Å². The number of nitrogens with zero attached hydrogens (tertiary/aromatic N) is 1. The van der Waals surface area contributed by atoms with Crippen LogP contribution < -0.4 is 14.8 Å². The third-order valence-corrected chi connectivity index (χ3v) is 3.80. The molecule has 1 N–H and O–H groups in total. The van der Waals surface area contributed by atoms with Crippen molar-refractivity contribution in [3.05, 3.63) is 23.8 Å². The molecule has 1 aromatic carbocycles. The van der Waals surface area contributed by atoms with Crippen molar-refractivity contribution in [1.29, 1.82) is 0 Å². The smallest absolute Gasteiger partial charge is 0.161 e. The summed E-state index contributed by atoms with van der Waals surface area (Å²) in [5.41, 5.74) is 1.22. The Morgan fingerprint density at radius 3 is 2.43 bits per heavy atom. The van der Waals surface area contributed by atoms with Gasteiger partial charge in [-0.25, -0.2) is 0 Å². The average Bonchev–Trinajstić information content (AvgIpc) is 2.52. The van der Waals surface area contributed by atoms with Crippen LogP contribution in [0.1, 0.15) is 37.8 Å². The van der Waals surface area contributed by atoms with E-state index >= 15 is 0 Å². The third-order valence-electron chi connectivity index (χ3n) is 3.80. The van der Waals surface area contributed by atoms with Crippen molar-refractivity contribution >= 4 is 0 Å². The number of hydrogen-bond acceptors (Lipinski definition) is 4. The summed E-state index contributed by atoms with van der Waals surface area (Å²) in [6.07, 6.45) is 3.82. The maximum absolute atomic E-state index is 5.39. The molecule has 1 rings (SSSR count). The molecule has 0 fully saturated rings. The fraction of sp³-hybridized carbons (Fsp3) is 0.647. The molecule has 0 bridgehead atoms. The Hall–Kier alpha value is -1.26. The van der Waals surface area contributed by atoms with Gasteiger partial charge < -0.3 is 19.7 Å². The van der Waals surface area contributed by atoms with Gasteiger partial charge in [-0.2, -0.15) is 0 Å². The lowest BCUT2D eigenvalue weighted by Gasteiger charge is -2.24. The summed E-state index contributed by atoms with van der Waals surface area (Å²) in [5, 5.41) is 3.39. The highest BCUT2D eigenvalue weighted by molar-refractivity contribution is 5.43. The summed E-state index contributed by atoms with van der Waals surface area (Å²) in [6.45, 7) is 4.36. The van der Waals surface area contributed by atoms with Gasteiger partial charge in [0.05, 0.1) is 14.2 Å². The van der Waals surface area contributed by atoms with Gasteiger partial charge in [-0.15, -0.1) is 0 Å². The van der Waals surface area contributed by atoms with Crippen molar-refractivity contribution in [3.8, 4) is 11.5 Å². The number of hydrogen-bond donors (Lipinski definition) is 1. The quantitative estimate of drug-likeness (QED) is 0.672. The summed E-state index contributed by atoms with van der Waals surface area (Å²) in [4.78, 5) is 2.38. The summed E-state index contributed by atoms with van der Waals surface area (Å²) < 4.78 is 10.7. The first-order chi connectivity index (χ1) is 10.2. The normalized spacial score (nSPS) is 12.5. The summed E-state index contributed by atoms with van der Waals surface area (Å²) in [5.74, 6) is 1.55. The predicted octanol–water partition coefficient (Wildman–Crippen LogP) is 3.09. The summed E-state index contributed by atoms with van der Waals surface area (Å²) in [6, 6.07) is 6.41. The van der Waals surface area contributed by atoms with Crippen LogP contribution in [0.4, 0.5) is 0 Å². The molecule has 1 unspecified atom stereocenters. The molecular formula is C17H30N2O2. The second-order valence-electron chi connectivity index (χ2n) is 5.43. The summed E-state index contributed by atoms with van der Waals surface area (Å²) >= 11 is 0. The van der Waals surface area contributed by atoms with Crippen LogP contribution in [0.25, 0.3) is 0 Å². The molecule has 1 aromatic rings. The molecule has 0 aliphatic heterocycles. The molecule has 0 radical (unpaired) electrons. The fourth-order valence-corrected chi connectivity index (χ4v) is 2.47. The maximum Gasteiger partial charge on any atom is 0.161 e. The molecule has 0 saturated heterocycles. The molecular weight excluding hydrogens is 264 g/mol. The minimum atomic E-state index is 0.288. The second-order valence-corrected chi connectivity index (χ2v) is 5.43. The van der Waals surface area contributed by atoms with E-state index in [1.54, 1.807) is 14.2 Å². The number of rotatable bonds is 10. The van der Waals surface area contributed by atoms with Crippen LogP contribution in [0, 0.1) is 0 Å². The Bertz CT molecular complexity index is 410. The van der Waals surface area contributed by atoms with Gasteiger partial charge in [0.25, 0.3) is 0 Å². The van der Waals surface area contributed by atoms with Crippen LogP contribution in [0.2, 0.25) is 0 Å². The van der Waals surface area contributed by atoms with Crippen molar-refractivity contribution in [1.82, 2.24) is 10.2 Å². The van der Waals surface area contributed by atoms with Crippen LogP contribution in [0.15, 0.2) is 18.2 Å². The number of likely N-dealkylation sites (N-methyl/N-ethyl adjacent to an activating group) is 2. The van der Waals surface area contributed by atoms with Gasteiger partial charge in [0.2, 0.25) is 0 Å². The van der Waals surface area contributed by atoms with Crippen LogP contribution in [-0.2, 0) is 0 Å². The first-order valence-corrected chi connectivity index (χ1v) is 7.74. The molecule has 0 spiro atoms. The Labute approximate surface area is 129 Å². The minimum absolute atomic E-state index is 0.288. The molecule has 0 heterocycles. The highest BCUT2D eigenvalue weighted by Crippen LogP contribution is 2.30. The predicted molar refractivity (Wildman–Crippen MR) is 88.4 cm³/mol. The number of benzene rings is 1. The van der Waals surface area contributed by atoms with E-state index in [9.17, 15) is 0 Å². The number of unbranched alkanes of at least 4 members (excludes halogenated alkanes) is 2. The van der Waals surface area contributed by atoms with Crippen LogP contribution in [-0.4, -0.2) is 46.3 Å². The summed E-state index contributed by atoms with van der Waals surface area (Å²) in [7, 11) is 7.52. The number of ether oxygens (including phenoxy) is 2. The van der Waals surface area contributed by atoms with Crippen molar-refractivity contribution in [2.75, 3.05) is 41.4 Å². The lowest BCUT2D eigenvalue weighted by Crippen LogP contribution is -2.31. The minimum Gasteiger partial charge on any atom is -0.493 e. The lowest BCUT2D eigenvalue weighted by molar-refractivity contribution is 0.289. The van der Waals surface area contributed by atoms with Crippen LogP contribution >= 0.6 is 0 Å². The largest absolute Gasteiger partial charge is 0.493 e. The van der Waals surface area contributed by atoms with Gasteiger partial charge in [0.1, 0.15) is 0 Å². The van der Waals surface area contributed by atoms with Crippen molar-refractivity contribution < 1.29 is 9.47 Å². The van der Waals surface area contributed by atoms with Crippen molar-refractivity contribution in [3.63, 3.8) is 0 Å². The molecule has 21 heavy (non-hydrogen) atoms. The fourth-order valence-electron chi connectivity index (χ4n) is 2.47. The molecule has 4 nitrogen and oxygen atoms in total. The zero-order valence-corrected chi connectivity index (χ0v) is 14.1. The molecule has 120 valence electrons. The van der Waals surface area contributed by atoms with E-state index in [0.717, 1.165) is 24.6 Å². The molecule has 0 aliphatic carbocycles. The first kappa shape index (κ1) is 17.8. The van der Waals surface area contributed by atoms with Crippen molar-refractivity contribution in [2.45, 2.75) is 32.2 Å². The monoisotopic (exact) mass is 294 g/mol. The molecule has 1 atom stereocenters. The van der Waals surface area contributed by atoms with Gasteiger partial charge in [-0.3, -0.25) is 0 Å². The zero-order chi connectivity index (χ0) is 15.7. The molecule has 0 saturated carbocycles.